The van der Waals surface area contributed by atoms with E-state index in [9.17, 15) is 29.8 Å². The van der Waals surface area contributed by atoms with Crippen LogP contribution < -0.4 is 9.54 Å². The molecule has 0 aliphatic rings. The molecular formula is C18H14N4O8S. The molecule has 0 saturated heterocycles. The Balaban J connectivity index is 2.21. The maximum absolute atomic E-state index is 12.7. The van der Waals surface area contributed by atoms with Crippen molar-refractivity contribution < 1.29 is 28.9 Å². The number of thiazole rings is 1. The summed E-state index contributed by atoms with van der Waals surface area (Å²) in [5.74, 6) is -1.13. The van der Waals surface area contributed by atoms with Crippen LogP contribution in [0.1, 0.15) is 10.4 Å². The molecule has 0 bridgehead atoms. The largest absolute Gasteiger partial charge is 0.495 e. The Morgan fingerprint density at radius 2 is 1.74 bits per heavy atom. The van der Waals surface area contributed by atoms with Gasteiger partial charge in [0.2, 0.25) is 0 Å². The number of para-hydroxylation sites is 1. The average Bonchev–Trinajstić information content (AvgIpc) is 3.09. The topological polar surface area (TPSA) is 156 Å². The molecule has 1 aromatic heterocycles. The van der Waals surface area contributed by atoms with Gasteiger partial charge in [-0.3, -0.25) is 29.8 Å². The predicted molar refractivity (Wildman–Crippen MR) is 108 cm³/mol. The second kappa shape index (κ2) is 8.71. The number of non-ortho nitro benzene ring substituents is 2. The molecule has 12 nitrogen and oxygen atoms in total. The standard InChI is InChI=1S/C18H14N4O8S/c1-29-13-4-3-5-14-16(13)20(9-15(23)30-2)18(31-14)19-17(24)10-6-11(21(25)26)8-12(7-10)22(27)28/h3-8H,9H2,1-2H3. The summed E-state index contributed by atoms with van der Waals surface area (Å²) in [7, 11) is 2.65. The number of rotatable bonds is 6. The summed E-state index contributed by atoms with van der Waals surface area (Å²) < 4.78 is 12.1. The third-order valence-electron chi connectivity index (χ3n) is 4.17. The van der Waals surface area contributed by atoms with Gasteiger partial charge in [-0.1, -0.05) is 17.4 Å². The first-order chi connectivity index (χ1) is 14.7. The lowest BCUT2D eigenvalue weighted by atomic mass is 10.1. The third-order valence-corrected chi connectivity index (χ3v) is 5.21. The van der Waals surface area contributed by atoms with E-state index < -0.39 is 33.1 Å². The van der Waals surface area contributed by atoms with Gasteiger partial charge in [0.25, 0.3) is 17.3 Å². The first-order valence-electron chi connectivity index (χ1n) is 8.51. The number of carbonyl (C=O) groups excluding carboxylic acids is 2. The van der Waals surface area contributed by atoms with Gasteiger partial charge in [0.05, 0.1) is 40.4 Å². The van der Waals surface area contributed by atoms with Gasteiger partial charge in [-0.05, 0) is 12.1 Å². The Morgan fingerprint density at radius 3 is 2.29 bits per heavy atom. The highest BCUT2D eigenvalue weighted by molar-refractivity contribution is 7.16. The first kappa shape index (κ1) is 21.6. The highest BCUT2D eigenvalue weighted by atomic mass is 32.1. The van der Waals surface area contributed by atoms with Crippen molar-refractivity contribution >= 4 is 44.8 Å². The van der Waals surface area contributed by atoms with Crippen molar-refractivity contribution in [2.24, 2.45) is 4.99 Å². The molecule has 1 amide bonds. The number of methoxy groups -OCH3 is 2. The lowest BCUT2D eigenvalue weighted by Crippen LogP contribution is -2.22. The van der Waals surface area contributed by atoms with E-state index >= 15 is 0 Å². The van der Waals surface area contributed by atoms with Gasteiger partial charge >= 0.3 is 5.97 Å². The van der Waals surface area contributed by atoms with E-state index in [0.29, 0.717) is 16.0 Å². The number of hydrogen-bond acceptors (Lipinski definition) is 9. The van der Waals surface area contributed by atoms with Gasteiger partial charge in [-0.15, -0.1) is 0 Å². The molecular weight excluding hydrogens is 432 g/mol. The van der Waals surface area contributed by atoms with Crippen LogP contribution in [0, 0.1) is 20.2 Å². The Morgan fingerprint density at radius 1 is 1.10 bits per heavy atom. The van der Waals surface area contributed by atoms with Gasteiger partial charge in [0.1, 0.15) is 17.8 Å². The number of nitro groups is 2. The van der Waals surface area contributed by atoms with E-state index in [4.69, 9.17) is 9.47 Å². The molecule has 3 rings (SSSR count). The van der Waals surface area contributed by atoms with Crippen LogP contribution in [0.5, 0.6) is 5.75 Å². The van der Waals surface area contributed by atoms with Crippen molar-refractivity contribution in [2.75, 3.05) is 14.2 Å². The fourth-order valence-electron chi connectivity index (χ4n) is 2.77. The fourth-order valence-corrected chi connectivity index (χ4v) is 3.81. The normalized spacial score (nSPS) is 11.4. The Bertz CT molecular complexity index is 1260. The fraction of sp³-hybridized carbons (Fsp3) is 0.167. The monoisotopic (exact) mass is 446 g/mol. The second-order valence-electron chi connectivity index (χ2n) is 6.02. The van der Waals surface area contributed by atoms with Gasteiger partial charge in [-0.25, -0.2) is 0 Å². The van der Waals surface area contributed by atoms with Crippen LogP contribution in [0.3, 0.4) is 0 Å². The molecule has 3 aromatic rings. The number of ether oxygens (including phenoxy) is 2. The van der Waals surface area contributed by atoms with Crippen molar-refractivity contribution in [1.29, 1.82) is 0 Å². The highest BCUT2D eigenvalue weighted by Gasteiger charge is 2.21. The summed E-state index contributed by atoms with van der Waals surface area (Å²) in [6.45, 7) is -0.280. The highest BCUT2D eigenvalue weighted by Crippen LogP contribution is 2.28. The number of aromatic nitrogens is 1. The van der Waals surface area contributed by atoms with E-state index in [0.717, 1.165) is 29.5 Å². The number of benzene rings is 2. The van der Waals surface area contributed by atoms with Crippen molar-refractivity contribution in [3.05, 3.63) is 67.0 Å². The van der Waals surface area contributed by atoms with Crippen molar-refractivity contribution in [1.82, 2.24) is 4.57 Å². The average molecular weight is 446 g/mol. The number of hydrogen-bond donors (Lipinski definition) is 0. The van der Waals surface area contributed by atoms with Crippen LogP contribution >= 0.6 is 11.3 Å². The molecule has 31 heavy (non-hydrogen) atoms. The summed E-state index contributed by atoms with van der Waals surface area (Å²) in [4.78, 5) is 49.2. The zero-order chi connectivity index (χ0) is 22.7. The molecule has 0 spiro atoms. The van der Waals surface area contributed by atoms with Crippen LogP contribution in [0.4, 0.5) is 11.4 Å². The summed E-state index contributed by atoms with van der Waals surface area (Å²) in [5, 5.41) is 22.2. The first-order valence-corrected chi connectivity index (χ1v) is 9.33. The van der Waals surface area contributed by atoms with Crippen molar-refractivity contribution in [3.8, 4) is 5.75 Å². The molecule has 0 fully saturated rings. The van der Waals surface area contributed by atoms with E-state index in [2.05, 4.69) is 4.99 Å². The van der Waals surface area contributed by atoms with Crippen LogP contribution in [0.15, 0.2) is 41.4 Å². The molecule has 13 heteroatoms. The summed E-state index contributed by atoms with van der Waals surface area (Å²) in [6, 6.07) is 7.67. The number of nitro benzene ring substituents is 2. The van der Waals surface area contributed by atoms with Gasteiger partial charge in [0.15, 0.2) is 4.80 Å². The number of nitrogens with zero attached hydrogens (tertiary/aromatic N) is 4. The summed E-state index contributed by atoms with van der Waals surface area (Å²) in [5.41, 5.74) is -1.08. The maximum Gasteiger partial charge on any atom is 0.325 e. The molecule has 0 atom stereocenters. The Hall–Kier alpha value is -4.13. The minimum absolute atomic E-state index is 0.0871. The van der Waals surface area contributed by atoms with E-state index in [1.807, 2.05) is 0 Å². The quantitative estimate of drug-likeness (QED) is 0.317. The number of esters is 1. The number of fused-ring (bicyclic) bond motifs is 1. The molecule has 0 radical (unpaired) electrons. The van der Waals surface area contributed by atoms with E-state index in [-0.39, 0.29) is 16.9 Å². The van der Waals surface area contributed by atoms with Crippen LogP contribution in [0.25, 0.3) is 10.2 Å². The van der Waals surface area contributed by atoms with Crippen LogP contribution in [0.2, 0.25) is 0 Å². The van der Waals surface area contributed by atoms with Gasteiger partial charge in [0, 0.05) is 12.1 Å². The van der Waals surface area contributed by atoms with Crippen LogP contribution in [-0.4, -0.2) is 40.5 Å². The summed E-state index contributed by atoms with van der Waals surface area (Å²) in [6.07, 6.45) is 0. The summed E-state index contributed by atoms with van der Waals surface area (Å²) >= 11 is 1.07. The van der Waals surface area contributed by atoms with E-state index in [1.165, 1.54) is 18.8 Å². The Kier molecular flexibility index (Phi) is 6.06. The predicted octanol–water partition coefficient (Wildman–Crippen LogP) is 2.44. The van der Waals surface area contributed by atoms with Crippen molar-refractivity contribution in [3.63, 3.8) is 0 Å². The molecule has 0 aliphatic carbocycles. The lowest BCUT2D eigenvalue weighted by molar-refractivity contribution is -0.394. The number of carbonyl (C=O) groups is 2. The Labute approximate surface area is 177 Å². The SMILES string of the molecule is COC(=O)Cn1c(=NC(=O)c2cc([N+](=O)[O-])cc([N+](=O)[O-])c2)sc2cccc(OC)c21. The minimum atomic E-state index is -0.948. The lowest BCUT2D eigenvalue weighted by Gasteiger charge is -2.07. The molecule has 1 heterocycles. The minimum Gasteiger partial charge on any atom is -0.495 e. The molecule has 2 aromatic carbocycles. The zero-order valence-electron chi connectivity index (χ0n) is 16.1. The van der Waals surface area contributed by atoms with Crippen molar-refractivity contribution in [2.45, 2.75) is 6.54 Å². The molecule has 0 unspecified atom stereocenters. The zero-order valence-corrected chi connectivity index (χ0v) is 17.0. The third kappa shape index (κ3) is 4.40. The van der Waals surface area contributed by atoms with Gasteiger partial charge < -0.3 is 14.0 Å². The smallest absolute Gasteiger partial charge is 0.325 e. The molecule has 0 aliphatic heterocycles. The van der Waals surface area contributed by atoms with E-state index in [1.54, 1.807) is 18.2 Å². The molecule has 0 N–H and O–H groups in total. The molecule has 160 valence electrons. The molecule has 0 saturated carbocycles. The number of amides is 1. The van der Waals surface area contributed by atoms with Gasteiger partial charge in [-0.2, -0.15) is 4.99 Å². The maximum atomic E-state index is 12.7. The second-order valence-corrected chi connectivity index (χ2v) is 7.03. The van der Waals surface area contributed by atoms with Crippen LogP contribution in [-0.2, 0) is 16.1 Å².